The Balaban J connectivity index is 0.975. The van der Waals surface area contributed by atoms with Gasteiger partial charge in [0.1, 0.15) is 30.0 Å². The van der Waals surface area contributed by atoms with Crippen LogP contribution in [0.15, 0.2) is 32.6 Å². The molecule has 5 fully saturated rings. The summed E-state index contributed by atoms with van der Waals surface area (Å²) in [6.07, 6.45) is 8.71. The number of carboxylic acids is 1. The molecule has 0 radical (unpaired) electrons. The number of carboxylic acid groups (broad SMARTS) is 1. The molecule has 1 aromatic rings. The van der Waals surface area contributed by atoms with Crippen LogP contribution in [0.3, 0.4) is 0 Å². The molecule has 4 aliphatic carbocycles. The maximum Gasteiger partial charge on any atom is 0.335 e. The lowest BCUT2D eigenvalue weighted by molar-refractivity contribution is -0.228. The third kappa shape index (κ3) is 7.75. The fourth-order valence-electron chi connectivity index (χ4n) is 11.4. The standard InChI is InChI=1S/C40H58N4O11/c1-23(45)53-33-32(24-12-13-30(47)52-22-24)38(3)18-15-26-27(40(38)34(33)55-40)16-19-39(51)21-25(14-17-37(26,39)2)54-31(48)11-7-5-4-6-10-29(46)44-28(35(49)50)9-8-20-43-36(41)42/h12-13,22,25-28,32-34,51H,4-11,14-21H2,1-3H3,(H,44,46)(H,49,50)(H4,41,42,43)/t25-,26-,27+,28-,32+,33+,34+,37+,38+,39-,40+/m0/s1. The number of guanidine groups is 1. The number of nitrogens with zero attached hydrogens (tertiary/aromatic N) is 1. The van der Waals surface area contributed by atoms with Crippen molar-refractivity contribution in [3.05, 3.63) is 34.4 Å². The van der Waals surface area contributed by atoms with E-state index in [0.717, 1.165) is 31.2 Å². The Hall–Kier alpha value is -3.98. The van der Waals surface area contributed by atoms with E-state index in [9.17, 15) is 34.2 Å². The monoisotopic (exact) mass is 770 g/mol. The minimum Gasteiger partial charge on any atom is -0.480 e. The smallest absolute Gasteiger partial charge is 0.335 e. The SMILES string of the molecule is CC(=O)O[C@H]1[C@H]2O[C@]23[C@@H]2CC[C@]4(O)C[C@@H](OC(=O)CCCCCCC(=O)N[C@@H](CCCN=C(N)N)C(=O)O)CC[C@]4(C)[C@H]2CC[C@]3(C)[C@@H]1c1ccc(=O)oc1. The molecule has 1 amide bonds. The number of carbonyl (C=O) groups excluding carboxylic acids is 3. The van der Waals surface area contributed by atoms with E-state index >= 15 is 0 Å². The van der Waals surface area contributed by atoms with E-state index in [0.29, 0.717) is 51.4 Å². The molecular formula is C40H58N4O11. The van der Waals surface area contributed by atoms with Gasteiger partial charge in [0.2, 0.25) is 5.91 Å². The lowest BCUT2D eigenvalue weighted by Gasteiger charge is -2.64. The Kier molecular flexibility index (Phi) is 11.7. The number of epoxide rings is 1. The van der Waals surface area contributed by atoms with Gasteiger partial charge in [-0.25, -0.2) is 9.59 Å². The number of nitrogens with one attached hydrogen (secondary N) is 1. The third-order valence-electron chi connectivity index (χ3n) is 14.0. The maximum absolute atomic E-state index is 12.9. The first kappa shape index (κ1) is 40.7. The first-order valence-electron chi connectivity index (χ1n) is 20.0. The number of amides is 1. The lowest BCUT2D eigenvalue weighted by atomic mass is 9.42. The molecule has 1 aromatic heterocycles. The zero-order valence-corrected chi connectivity index (χ0v) is 32.3. The van der Waals surface area contributed by atoms with Gasteiger partial charge >= 0.3 is 23.5 Å². The minimum absolute atomic E-state index is 0.0662. The number of fused-ring (bicyclic) bond motifs is 3. The molecule has 7 N–H and O–H groups in total. The van der Waals surface area contributed by atoms with Crippen molar-refractivity contribution in [2.75, 3.05) is 6.54 Å². The summed E-state index contributed by atoms with van der Waals surface area (Å²) >= 11 is 0. The number of aliphatic hydroxyl groups is 1. The van der Waals surface area contributed by atoms with Crippen LogP contribution in [0.1, 0.15) is 129 Å². The van der Waals surface area contributed by atoms with Gasteiger partial charge in [-0.3, -0.25) is 19.4 Å². The first-order valence-corrected chi connectivity index (χ1v) is 20.0. The number of aliphatic imine (C=N–C) groups is 1. The molecule has 55 heavy (non-hydrogen) atoms. The largest absolute Gasteiger partial charge is 0.480 e. The molecule has 11 atom stereocenters. The first-order chi connectivity index (χ1) is 26.0. The molecule has 0 aromatic carbocycles. The van der Waals surface area contributed by atoms with E-state index in [1.54, 1.807) is 6.07 Å². The van der Waals surface area contributed by atoms with Gasteiger partial charge in [0.15, 0.2) is 5.96 Å². The predicted octanol–water partition coefficient (Wildman–Crippen LogP) is 3.43. The molecule has 0 unspecified atom stereocenters. The fourth-order valence-corrected chi connectivity index (χ4v) is 11.4. The van der Waals surface area contributed by atoms with Gasteiger partial charge in [0.25, 0.3) is 0 Å². The van der Waals surface area contributed by atoms with Crippen LogP contribution in [0, 0.1) is 22.7 Å². The molecule has 0 bridgehead atoms. The second kappa shape index (κ2) is 15.9. The second-order valence-corrected chi connectivity index (χ2v) is 17.1. The number of nitrogens with two attached hydrogens (primary N) is 2. The van der Waals surface area contributed by atoms with E-state index in [1.807, 2.05) is 0 Å². The number of unbranched alkanes of at least 4 members (excludes halogenated alkanes) is 3. The highest BCUT2D eigenvalue weighted by molar-refractivity contribution is 5.83. The molecule has 2 heterocycles. The van der Waals surface area contributed by atoms with Crippen LogP contribution in [0.25, 0.3) is 0 Å². The number of hydrogen-bond acceptors (Lipinski definition) is 11. The summed E-state index contributed by atoms with van der Waals surface area (Å²) < 4.78 is 23.9. The van der Waals surface area contributed by atoms with E-state index < -0.39 is 40.4 Å². The second-order valence-electron chi connectivity index (χ2n) is 17.1. The molecule has 304 valence electrons. The molecule has 5 aliphatic rings. The predicted molar refractivity (Wildman–Crippen MR) is 198 cm³/mol. The van der Waals surface area contributed by atoms with Crippen molar-refractivity contribution in [2.45, 2.75) is 159 Å². The van der Waals surface area contributed by atoms with Crippen LogP contribution in [0.4, 0.5) is 0 Å². The number of rotatable bonds is 16. The van der Waals surface area contributed by atoms with Gasteiger partial charge in [-0.05, 0) is 93.1 Å². The van der Waals surface area contributed by atoms with Crippen molar-refractivity contribution in [2.24, 2.45) is 39.1 Å². The zero-order chi connectivity index (χ0) is 39.8. The molecule has 1 aliphatic heterocycles. The van der Waals surface area contributed by atoms with Gasteiger partial charge in [-0.2, -0.15) is 0 Å². The maximum atomic E-state index is 12.9. The Labute approximate surface area is 321 Å². The minimum atomic E-state index is -1.11. The average Bonchev–Trinajstić information content (AvgIpc) is 3.82. The van der Waals surface area contributed by atoms with E-state index in [-0.39, 0.29) is 85.0 Å². The molecule has 1 saturated heterocycles. The van der Waals surface area contributed by atoms with Gasteiger partial charge in [0, 0.05) is 50.1 Å². The van der Waals surface area contributed by atoms with Gasteiger partial charge < -0.3 is 45.6 Å². The zero-order valence-electron chi connectivity index (χ0n) is 32.3. The van der Waals surface area contributed by atoms with Crippen molar-refractivity contribution in [1.82, 2.24) is 5.32 Å². The molecule has 6 rings (SSSR count). The van der Waals surface area contributed by atoms with Gasteiger partial charge in [0.05, 0.1) is 11.9 Å². The topological polar surface area (TPSA) is 246 Å². The Bertz CT molecular complexity index is 1690. The number of aliphatic carboxylic acids is 1. The molecule has 4 saturated carbocycles. The average molecular weight is 771 g/mol. The fraction of sp³-hybridized carbons (Fsp3) is 0.750. The lowest BCUT2D eigenvalue weighted by Crippen LogP contribution is -2.65. The van der Waals surface area contributed by atoms with Crippen molar-refractivity contribution in [3.63, 3.8) is 0 Å². The molecule has 15 nitrogen and oxygen atoms in total. The third-order valence-corrected chi connectivity index (χ3v) is 14.0. The van der Waals surface area contributed by atoms with Crippen LogP contribution in [-0.4, -0.2) is 82.1 Å². The highest BCUT2D eigenvalue weighted by atomic mass is 16.7. The van der Waals surface area contributed by atoms with Crippen molar-refractivity contribution >= 4 is 29.8 Å². The van der Waals surface area contributed by atoms with Crippen LogP contribution in [0.2, 0.25) is 0 Å². The summed E-state index contributed by atoms with van der Waals surface area (Å²) in [4.78, 5) is 64.7. The summed E-state index contributed by atoms with van der Waals surface area (Å²) in [5.74, 6) is -2.06. The normalized spacial score (nSPS) is 36.1. The molecule has 1 spiro atoms. The van der Waals surface area contributed by atoms with E-state index in [4.69, 9.17) is 30.1 Å². The highest BCUT2D eigenvalue weighted by Crippen LogP contribution is 2.78. The number of carbonyl (C=O) groups is 4. The summed E-state index contributed by atoms with van der Waals surface area (Å²) in [5, 5.41) is 24.3. The number of hydrogen-bond donors (Lipinski definition) is 5. The Morgan fingerprint density at radius 3 is 2.35 bits per heavy atom. The molecule has 15 heteroatoms. The van der Waals surface area contributed by atoms with Crippen molar-refractivity contribution in [1.29, 1.82) is 0 Å². The summed E-state index contributed by atoms with van der Waals surface area (Å²) in [7, 11) is 0. The summed E-state index contributed by atoms with van der Waals surface area (Å²) in [6, 6.07) is 2.18. The van der Waals surface area contributed by atoms with Gasteiger partial charge in [-0.15, -0.1) is 0 Å². The number of ether oxygens (including phenoxy) is 3. The molecular weight excluding hydrogens is 712 g/mol. The Morgan fingerprint density at radius 2 is 1.67 bits per heavy atom. The highest BCUT2D eigenvalue weighted by Gasteiger charge is 2.85. The summed E-state index contributed by atoms with van der Waals surface area (Å²) in [6.45, 7) is 6.10. The van der Waals surface area contributed by atoms with Crippen LogP contribution < -0.4 is 22.4 Å². The van der Waals surface area contributed by atoms with E-state index in [1.165, 1.54) is 19.3 Å². The van der Waals surface area contributed by atoms with Crippen LogP contribution >= 0.6 is 0 Å². The number of esters is 2. The van der Waals surface area contributed by atoms with Crippen molar-refractivity contribution < 1.29 is 48.0 Å². The summed E-state index contributed by atoms with van der Waals surface area (Å²) in [5.41, 5.74) is 8.65. The Morgan fingerprint density at radius 1 is 0.964 bits per heavy atom. The van der Waals surface area contributed by atoms with Crippen molar-refractivity contribution in [3.8, 4) is 0 Å². The van der Waals surface area contributed by atoms with Crippen LogP contribution in [0.5, 0.6) is 0 Å². The van der Waals surface area contributed by atoms with E-state index in [2.05, 4.69) is 24.2 Å². The van der Waals surface area contributed by atoms with Gasteiger partial charge in [-0.1, -0.05) is 26.7 Å². The quantitative estimate of drug-likeness (QED) is 0.0532. The van der Waals surface area contributed by atoms with Crippen LogP contribution in [-0.2, 0) is 33.4 Å².